The Balaban J connectivity index is 1.72. The number of nitrogens with zero attached hydrogens (tertiary/aromatic N) is 4. The van der Waals surface area contributed by atoms with E-state index in [1.54, 1.807) is 37.3 Å². The molecule has 1 N–H and O–H groups in total. The third-order valence-corrected chi connectivity index (χ3v) is 4.30. The molecule has 0 saturated heterocycles. The lowest BCUT2D eigenvalue weighted by Crippen LogP contribution is -2.30. The predicted molar refractivity (Wildman–Crippen MR) is 106 cm³/mol. The fourth-order valence-corrected chi connectivity index (χ4v) is 2.74. The van der Waals surface area contributed by atoms with E-state index in [1.165, 1.54) is 0 Å². The Bertz CT molecular complexity index is 927. The van der Waals surface area contributed by atoms with Crippen molar-refractivity contribution in [2.45, 2.75) is 20.3 Å². The normalized spacial score (nSPS) is 10.5. The largest absolute Gasteiger partial charge is 0.340 e. The average Bonchev–Trinajstić information content (AvgIpc) is 2.67. The summed E-state index contributed by atoms with van der Waals surface area (Å²) in [6.45, 7) is 4.42. The maximum Gasteiger partial charge on any atom is 0.272 e. The first-order valence-electron chi connectivity index (χ1n) is 8.85. The lowest BCUT2D eigenvalue weighted by Gasteiger charge is -2.17. The van der Waals surface area contributed by atoms with Crippen molar-refractivity contribution in [2.24, 2.45) is 0 Å². The smallest absolute Gasteiger partial charge is 0.272 e. The maximum atomic E-state index is 12.8. The molecule has 27 heavy (non-hydrogen) atoms. The zero-order valence-corrected chi connectivity index (χ0v) is 15.8. The van der Waals surface area contributed by atoms with Crippen molar-refractivity contribution < 1.29 is 4.79 Å². The molecule has 0 aliphatic rings. The number of hydrogen-bond acceptors (Lipinski definition) is 5. The minimum Gasteiger partial charge on any atom is -0.340 e. The van der Waals surface area contributed by atoms with Crippen LogP contribution in [0.4, 0.5) is 11.5 Å². The third-order valence-electron chi connectivity index (χ3n) is 4.30. The van der Waals surface area contributed by atoms with Gasteiger partial charge >= 0.3 is 0 Å². The summed E-state index contributed by atoms with van der Waals surface area (Å²) in [5.74, 6) is 1.05. The molecule has 0 fully saturated rings. The molecule has 6 heteroatoms. The van der Waals surface area contributed by atoms with E-state index in [0.717, 1.165) is 23.2 Å². The Morgan fingerprint density at radius 3 is 2.56 bits per heavy atom. The molecular weight excluding hydrogens is 338 g/mol. The fraction of sp³-hybridized carbons (Fsp3) is 0.238. The first-order chi connectivity index (χ1) is 13.0. The topological polar surface area (TPSA) is 71.0 Å². The van der Waals surface area contributed by atoms with E-state index < -0.39 is 0 Å². The van der Waals surface area contributed by atoms with Crippen LogP contribution in [-0.4, -0.2) is 39.4 Å². The van der Waals surface area contributed by atoms with Gasteiger partial charge < -0.3 is 10.2 Å². The first-order valence-corrected chi connectivity index (χ1v) is 8.85. The number of aromatic nitrogens is 3. The van der Waals surface area contributed by atoms with E-state index in [0.29, 0.717) is 23.9 Å². The number of hydrogen-bond donors (Lipinski definition) is 1. The number of aryl methyl sites for hydroxylation is 2. The van der Waals surface area contributed by atoms with Crippen molar-refractivity contribution in [1.29, 1.82) is 0 Å². The Hall–Kier alpha value is -3.28. The highest BCUT2D eigenvalue weighted by Crippen LogP contribution is 2.19. The molecule has 0 spiro atoms. The summed E-state index contributed by atoms with van der Waals surface area (Å²) in [4.78, 5) is 27.2. The second kappa shape index (κ2) is 8.40. The van der Waals surface area contributed by atoms with Crippen LogP contribution in [-0.2, 0) is 6.42 Å². The average molecular weight is 361 g/mol. The van der Waals surface area contributed by atoms with Crippen molar-refractivity contribution in [3.05, 3.63) is 77.5 Å². The molecule has 1 amide bonds. The number of rotatable bonds is 6. The molecule has 0 unspecified atom stereocenters. The second-order valence-corrected chi connectivity index (χ2v) is 6.46. The zero-order valence-electron chi connectivity index (χ0n) is 15.8. The van der Waals surface area contributed by atoms with Crippen LogP contribution in [0.1, 0.15) is 27.4 Å². The van der Waals surface area contributed by atoms with Gasteiger partial charge in [0.05, 0.1) is 0 Å². The molecule has 2 heterocycles. The van der Waals surface area contributed by atoms with Crippen molar-refractivity contribution in [3.8, 4) is 0 Å². The van der Waals surface area contributed by atoms with Crippen molar-refractivity contribution in [2.75, 3.05) is 18.9 Å². The second-order valence-electron chi connectivity index (χ2n) is 6.46. The molecular formula is C21H23N5O. The quantitative estimate of drug-likeness (QED) is 0.727. The molecule has 2 aromatic heterocycles. The van der Waals surface area contributed by atoms with Crippen LogP contribution in [0, 0.1) is 13.8 Å². The van der Waals surface area contributed by atoms with E-state index in [1.807, 2.05) is 43.3 Å². The summed E-state index contributed by atoms with van der Waals surface area (Å²) in [7, 11) is 1.79. The molecule has 0 aliphatic heterocycles. The van der Waals surface area contributed by atoms with Gasteiger partial charge in [0.2, 0.25) is 0 Å². The van der Waals surface area contributed by atoms with E-state index in [4.69, 9.17) is 0 Å². The third kappa shape index (κ3) is 4.88. The van der Waals surface area contributed by atoms with Gasteiger partial charge in [-0.1, -0.05) is 18.2 Å². The van der Waals surface area contributed by atoms with E-state index >= 15 is 0 Å². The van der Waals surface area contributed by atoms with Gasteiger partial charge in [-0.15, -0.1) is 0 Å². The van der Waals surface area contributed by atoms with E-state index in [9.17, 15) is 4.79 Å². The lowest BCUT2D eigenvalue weighted by atomic mass is 10.2. The van der Waals surface area contributed by atoms with E-state index in [2.05, 4.69) is 20.3 Å². The Kier molecular flexibility index (Phi) is 5.76. The van der Waals surface area contributed by atoms with Gasteiger partial charge in [0, 0.05) is 37.7 Å². The molecule has 3 aromatic rings. The molecule has 3 rings (SSSR count). The van der Waals surface area contributed by atoms with Gasteiger partial charge in [0.15, 0.2) is 0 Å². The summed E-state index contributed by atoms with van der Waals surface area (Å²) in [6, 6.07) is 13.6. The Morgan fingerprint density at radius 2 is 1.81 bits per heavy atom. The number of likely N-dealkylation sites (N-methyl/N-ethyl adjacent to an activating group) is 1. The number of carbonyl (C=O) groups excluding carboxylic acids is 1. The van der Waals surface area contributed by atoms with Gasteiger partial charge in [0.1, 0.15) is 17.3 Å². The van der Waals surface area contributed by atoms with Gasteiger partial charge in [-0.05, 0) is 49.6 Å². The van der Waals surface area contributed by atoms with Gasteiger partial charge in [-0.25, -0.2) is 9.97 Å². The first kappa shape index (κ1) is 18.5. The van der Waals surface area contributed by atoms with E-state index in [-0.39, 0.29) is 5.91 Å². The van der Waals surface area contributed by atoms with Gasteiger partial charge in [-0.2, -0.15) is 0 Å². The number of anilines is 2. The minimum atomic E-state index is -0.123. The van der Waals surface area contributed by atoms with Crippen LogP contribution >= 0.6 is 0 Å². The SMILES string of the molecule is Cc1nc(Nc2ccccc2C)cc(C(=O)N(C)CCc2ccncc2)n1. The Morgan fingerprint density at radius 1 is 1.07 bits per heavy atom. The maximum absolute atomic E-state index is 12.8. The molecule has 0 radical (unpaired) electrons. The fourth-order valence-electron chi connectivity index (χ4n) is 2.74. The molecule has 0 saturated carbocycles. The van der Waals surface area contributed by atoms with Crippen molar-refractivity contribution in [1.82, 2.24) is 19.9 Å². The summed E-state index contributed by atoms with van der Waals surface area (Å²) in [5.41, 5.74) is 3.59. The number of pyridine rings is 1. The monoisotopic (exact) mass is 361 g/mol. The molecule has 1 aromatic carbocycles. The van der Waals surface area contributed by atoms with Crippen LogP contribution in [0.2, 0.25) is 0 Å². The summed E-state index contributed by atoms with van der Waals surface area (Å²) in [5, 5.41) is 3.28. The summed E-state index contributed by atoms with van der Waals surface area (Å²) < 4.78 is 0. The highest BCUT2D eigenvalue weighted by Gasteiger charge is 2.15. The predicted octanol–water partition coefficient (Wildman–Crippen LogP) is 3.55. The number of para-hydroxylation sites is 1. The number of benzene rings is 1. The van der Waals surface area contributed by atoms with Crippen molar-refractivity contribution >= 4 is 17.4 Å². The molecule has 138 valence electrons. The number of amides is 1. The lowest BCUT2D eigenvalue weighted by molar-refractivity contribution is 0.0790. The molecule has 0 aliphatic carbocycles. The van der Waals surface area contributed by atoms with Crippen molar-refractivity contribution in [3.63, 3.8) is 0 Å². The van der Waals surface area contributed by atoms with Crippen LogP contribution in [0.5, 0.6) is 0 Å². The van der Waals surface area contributed by atoms with Crippen LogP contribution < -0.4 is 5.32 Å². The van der Waals surface area contributed by atoms with Gasteiger partial charge in [0.25, 0.3) is 5.91 Å². The standard InChI is InChI=1S/C21H23N5O/c1-15-6-4-5-7-18(15)25-20-14-19(23-16(2)24-20)21(27)26(3)13-10-17-8-11-22-12-9-17/h4-9,11-12,14H,10,13H2,1-3H3,(H,23,24,25). The number of nitrogens with one attached hydrogen (secondary N) is 1. The van der Waals surface area contributed by atoms with Crippen LogP contribution in [0.15, 0.2) is 54.9 Å². The number of carbonyl (C=O) groups is 1. The van der Waals surface area contributed by atoms with Crippen LogP contribution in [0.25, 0.3) is 0 Å². The molecule has 0 bridgehead atoms. The van der Waals surface area contributed by atoms with Crippen LogP contribution in [0.3, 0.4) is 0 Å². The highest BCUT2D eigenvalue weighted by atomic mass is 16.2. The van der Waals surface area contributed by atoms with Gasteiger partial charge in [-0.3, -0.25) is 9.78 Å². The summed E-state index contributed by atoms with van der Waals surface area (Å²) in [6.07, 6.45) is 4.28. The molecule has 6 nitrogen and oxygen atoms in total. The Labute approximate surface area is 159 Å². The molecule has 0 atom stereocenters. The highest BCUT2D eigenvalue weighted by molar-refractivity contribution is 5.93. The minimum absolute atomic E-state index is 0.123. The summed E-state index contributed by atoms with van der Waals surface area (Å²) >= 11 is 0. The zero-order chi connectivity index (χ0) is 19.2.